The first-order chi connectivity index (χ1) is 8.99. The van der Waals surface area contributed by atoms with Crippen LogP contribution < -0.4 is 10.2 Å². The lowest BCUT2D eigenvalue weighted by molar-refractivity contribution is -0.127. The van der Waals surface area contributed by atoms with Crippen molar-refractivity contribution in [3.05, 3.63) is 29.6 Å². The summed E-state index contributed by atoms with van der Waals surface area (Å²) < 4.78 is 14.1. The second-order valence-electron chi connectivity index (χ2n) is 4.62. The van der Waals surface area contributed by atoms with E-state index in [4.69, 9.17) is 0 Å². The molecule has 0 aliphatic heterocycles. The van der Waals surface area contributed by atoms with Crippen molar-refractivity contribution >= 4 is 11.6 Å². The molecule has 0 heterocycles. The topological polar surface area (TPSA) is 35.6 Å². The molecule has 0 fully saturated rings. The zero-order valence-electron chi connectivity index (χ0n) is 12.0. The van der Waals surface area contributed by atoms with Gasteiger partial charge in [-0.2, -0.15) is 0 Å². The molecule has 0 spiro atoms. The number of halogens is 1. The Morgan fingerprint density at radius 3 is 2.53 bits per heavy atom. The molecular weight excluding hydrogens is 245 g/mol. The molecule has 0 aliphatic rings. The molecule has 1 rings (SSSR count). The number of hydrogen-bond acceptors (Lipinski definition) is 3. The van der Waals surface area contributed by atoms with E-state index in [1.54, 1.807) is 25.1 Å². The van der Waals surface area contributed by atoms with Crippen molar-refractivity contribution < 1.29 is 9.18 Å². The second-order valence-corrected chi connectivity index (χ2v) is 4.62. The smallest absolute Gasteiger partial charge is 0.241 e. The summed E-state index contributed by atoms with van der Waals surface area (Å²) in [4.78, 5) is 15.0. The van der Waals surface area contributed by atoms with Gasteiger partial charge in [0.2, 0.25) is 5.91 Å². The molecule has 0 bridgehead atoms. The highest BCUT2D eigenvalue weighted by molar-refractivity contribution is 5.81. The fourth-order valence-electron chi connectivity index (χ4n) is 1.79. The van der Waals surface area contributed by atoms with Gasteiger partial charge in [0.25, 0.3) is 0 Å². The van der Waals surface area contributed by atoms with Gasteiger partial charge in [0, 0.05) is 27.2 Å². The summed E-state index contributed by atoms with van der Waals surface area (Å²) in [6.07, 6.45) is 0. The number of hydrogen-bond donors (Lipinski definition) is 1. The summed E-state index contributed by atoms with van der Waals surface area (Å²) in [5.41, 5.74) is 1.36. The molecule has 0 radical (unpaired) electrons. The normalized spacial score (nSPS) is 10.4. The predicted molar refractivity (Wildman–Crippen MR) is 75.7 cm³/mol. The van der Waals surface area contributed by atoms with E-state index in [9.17, 15) is 9.18 Å². The van der Waals surface area contributed by atoms with Gasteiger partial charge >= 0.3 is 0 Å². The Kier molecular flexibility index (Phi) is 5.76. The zero-order chi connectivity index (χ0) is 14.4. The average molecular weight is 267 g/mol. The molecule has 0 aromatic heterocycles. The molecule has 0 saturated carbocycles. The molecule has 0 aliphatic carbocycles. The first-order valence-electron chi connectivity index (χ1n) is 6.37. The van der Waals surface area contributed by atoms with Crippen molar-refractivity contribution in [1.29, 1.82) is 0 Å². The van der Waals surface area contributed by atoms with Crippen LogP contribution in [0.5, 0.6) is 0 Å². The quantitative estimate of drug-likeness (QED) is 0.847. The Bertz CT molecular complexity index is 435. The van der Waals surface area contributed by atoms with E-state index in [0.717, 1.165) is 5.56 Å². The largest absolute Gasteiger partial charge is 0.360 e. The van der Waals surface area contributed by atoms with Gasteiger partial charge in [-0.05, 0) is 31.7 Å². The first kappa shape index (κ1) is 15.4. The van der Waals surface area contributed by atoms with Crippen LogP contribution in [0.2, 0.25) is 0 Å². The lowest BCUT2D eigenvalue weighted by Crippen LogP contribution is -2.37. The zero-order valence-corrected chi connectivity index (χ0v) is 12.0. The molecule has 0 atom stereocenters. The van der Waals surface area contributed by atoms with Crippen LogP contribution in [0.25, 0.3) is 0 Å². The summed E-state index contributed by atoms with van der Waals surface area (Å²) in [7, 11) is 5.21. The van der Waals surface area contributed by atoms with Crippen molar-refractivity contribution in [3.63, 3.8) is 0 Å². The number of nitrogens with zero attached hydrogens (tertiary/aromatic N) is 2. The van der Waals surface area contributed by atoms with E-state index >= 15 is 0 Å². The maximum Gasteiger partial charge on any atom is 0.241 e. The van der Waals surface area contributed by atoms with Crippen LogP contribution >= 0.6 is 0 Å². The molecule has 19 heavy (non-hydrogen) atoms. The molecular formula is C14H22FN3O. The van der Waals surface area contributed by atoms with Crippen LogP contribution in [0.15, 0.2) is 18.2 Å². The average Bonchev–Trinajstić information content (AvgIpc) is 2.36. The molecule has 1 N–H and O–H groups in total. The highest BCUT2D eigenvalue weighted by atomic mass is 19.1. The minimum atomic E-state index is -0.291. The molecule has 0 unspecified atom stereocenters. The van der Waals surface area contributed by atoms with E-state index in [1.807, 2.05) is 20.0 Å². The van der Waals surface area contributed by atoms with Crippen LogP contribution in [0, 0.1) is 5.82 Å². The highest BCUT2D eigenvalue weighted by Crippen LogP contribution is 2.20. The number of likely N-dealkylation sites (N-methyl/N-ethyl adjacent to an activating group) is 2. The molecule has 106 valence electrons. The van der Waals surface area contributed by atoms with E-state index in [-0.39, 0.29) is 18.3 Å². The fourth-order valence-corrected chi connectivity index (χ4v) is 1.79. The SMILES string of the molecule is CCN(CC(=O)N(C)C)c1ccc(CNC)cc1F. The van der Waals surface area contributed by atoms with Crippen LogP contribution in [-0.2, 0) is 11.3 Å². The van der Waals surface area contributed by atoms with E-state index in [2.05, 4.69) is 5.32 Å². The van der Waals surface area contributed by atoms with Crippen molar-refractivity contribution in [2.75, 3.05) is 39.1 Å². The van der Waals surface area contributed by atoms with Gasteiger partial charge in [0.1, 0.15) is 5.82 Å². The van der Waals surface area contributed by atoms with Gasteiger partial charge in [-0.25, -0.2) is 4.39 Å². The minimum absolute atomic E-state index is 0.0412. The molecule has 0 saturated heterocycles. The predicted octanol–water partition coefficient (Wildman–Crippen LogP) is 1.46. The number of carbonyl (C=O) groups is 1. The van der Waals surface area contributed by atoms with Gasteiger partial charge in [-0.3, -0.25) is 4.79 Å². The van der Waals surface area contributed by atoms with Gasteiger partial charge in [0.15, 0.2) is 0 Å². The van der Waals surface area contributed by atoms with Crippen molar-refractivity contribution in [1.82, 2.24) is 10.2 Å². The maximum absolute atomic E-state index is 14.1. The van der Waals surface area contributed by atoms with Crippen molar-refractivity contribution in [3.8, 4) is 0 Å². The number of benzene rings is 1. The highest BCUT2D eigenvalue weighted by Gasteiger charge is 2.15. The molecule has 5 heteroatoms. The monoisotopic (exact) mass is 267 g/mol. The van der Waals surface area contributed by atoms with Crippen LogP contribution in [0.4, 0.5) is 10.1 Å². The van der Waals surface area contributed by atoms with Crippen molar-refractivity contribution in [2.45, 2.75) is 13.5 Å². The lowest BCUT2D eigenvalue weighted by Gasteiger charge is -2.24. The molecule has 1 aromatic carbocycles. The second kappa shape index (κ2) is 7.09. The summed E-state index contributed by atoms with van der Waals surface area (Å²) in [6, 6.07) is 5.11. The number of anilines is 1. The van der Waals surface area contributed by atoms with Crippen LogP contribution in [0.3, 0.4) is 0 Å². The number of rotatable bonds is 6. The van der Waals surface area contributed by atoms with Crippen LogP contribution in [-0.4, -0.2) is 45.0 Å². The number of carbonyl (C=O) groups excluding carboxylic acids is 1. The third kappa shape index (κ3) is 4.21. The fraction of sp³-hybridized carbons (Fsp3) is 0.500. The Morgan fingerprint density at radius 1 is 1.37 bits per heavy atom. The minimum Gasteiger partial charge on any atom is -0.360 e. The van der Waals surface area contributed by atoms with E-state index in [1.165, 1.54) is 11.0 Å². The summed E-state index contributed by atoms with van der Waals surface area (Å²) in [5, 5.41) is 2.98. The van der Waals surface area contributed by atoms with Gasteiger partial charge in [0.05, 0.1) is 12.2 Å². The standard InChI is InChI=1S/C14H22FN3O/c1-5-18(10-14(19)17(3)4)13-7-6-11(9-16-2)8-12(13)15/h6-8,16H,5,9-10H2,1-4H3. The Balaban J connectivity index is 2.89. The maximum atomic E-state index is 14.1. The lowest BCUT2D eigenvalue weighted by atomic mass is 10.1. The van der Waals surface area contributed by atoms with Crippen molar-refractivity contribution in [2.24, 2.45) is 0 Å². The molecule has 4 nitrogen and oxygen atoms in total. The molecule has 1 aromatic rings. The number of amides is 1. The van der Waals surface area contributed by atoms with Gasteiger partial charge < -0.3 is 15.1 Å². The van der Waals surface area contributed by atoms with Gasteiger partial charge in [-0.15, -0.1) is 0 Å². The summed E-state index contributed by atoms with van der Waals surface area (Å²) in [5.74, 6) is -0.332. The van der Waals surface area contributed by atoms with Crippen LogP contribution in [0.1, 0.15) is 12.5 Å². The summed E-state index contributed by atoms with van der Waals surface area (Å²) >= 11 is 0. The third-order valence-electron chi connectivity index (χ3n) is 2.94. The van der Waals surface area contributed by atoms with Gasteiger partial charge in [-0.1, -0.05) is 6.07 Å². The first-order valence-corrected chi connectivity index (χ1v) is 6.37. The number of nitrogens with one attached hydrogen (secondary N) is 1. The Morgan fingerprint density at radius 2 is 2.05 bits per heavy atom. The Labute approximate surface area is 114 Å². The Hall–Kier alpha value is -1.62. The molecule has 1 amide bonds. The van der Waals surface area contributed by atoms with E-state index < -0.39 is 0 Å². The summed E-state index contributed by atoms with van der Waals surface area (Å²) in [6.45, 7) is 3.30. The van der Waals surface area contributed by atoms with E-state index in [0.29, 0.717) is 18.8 Å². The third-order valence-corrected chi connectivity index (χ3v) is 2.94.